The average molecular weight is 425 g/mol. The SMILES string of the molecule is C=C1C=C/C=C(/O[C@@H](C)C(=O)Nc2ccc3oc(-c4ccncc4)nc3c2)C/C=C\C=C/1. The minimum Gasteiger partial charge on any atom is -0.485 e. The number of anilines is 1. The number of hydrogen-bond donors (Lipinski definition) is 1. The number of benzene rings is 1. The smallest absolute Gasteiger partial charge is 0.265 e. The van der Waals surface area contributed by atoms with Gasteiger partial charge in [-0.1, -0.05) is 43.0 Å². The molecule has 1 aliphatic rings. The van der Waals surface area contributed by atoms with Gasteiger partial charge in [0.15, 0.2) is 11.7 Å². The molecule has 3 aromatic rings. The third kappa shape index (κ3) is 5.29. The number of allylic oxidation sites excluding steroid dienone is 8. The van der Waals surface area contributed by atoms with Crippen LogP contribution in [0.4, 0.5) is 5.69 Å². The monoisotopic (exact) mass is 425 g/mol. The van der Waals surface area contributed by atoms with E-state index in [1.54, 1.807) is 37.5 Å². The van der Waals surface area contributed by atoms with Gasteiger partial charge in [-0.25, -0.2) is 4.98 Å². The number of fused-ring (bicyclic) bond motifs is 1. The zero-order chi connectivity index (χ0) is 22.3. The lowest BCUT2D eigenvalue weighted by Crippen LogP contribution is -2.27. The molecular formula is C26H23N3O3. The zero-order valence-corrected chi connectivity index (χ0v) is 17.7. The first kappa shape index (κ1) is 21.1. The van der Waals surface area contributed by atoms with Gasteiger partial charge in [0.05, 0.1) is 0 Å². The van der Waals surface area contributed by atoms with E-state index < -0.39 is 6.10 Å². The normalized spacial score (nSPS) is 18.4. The van der Waals surface area contributed by atoms with Crippen LogP contribution >= 0.6 is 0 Å². The predicted molar refractivity (Wildman–Crippen MR) is 126 cm³/mol. The summed E-state index contributed by atoms with van der Waals surface area (Å²) in [6.45, 7) is 5.65. The second-order valence-electron chi connectivity index (χ2n) is 7.25. The highest BCUT2D eigenvalue weighted by Crippen LogP contribution is 2.26. The van der Waals surface area contributed by atoms with Crippen LogP contribution in [0.15, 0.2) is 108 Å². The van der Waals surface area contributed by atoms with Gasteiger partial charge in [0, 0.05) is 30.1 Å². The molecular weight excluding hydrogens is 402 g/mol. The van der Waals surface area contributed by atoms with Gasteiger partial charge in [-0.2, -0.15) is 0 Å². The lowest BCUT2D eigenvalue weighted by molar-refractivity contribution is -0.124. The summed E-state index contributed by atoms with van der Waals surface area (Å²) in [6, 6.07) is 9.00. The first-order chi connectivity index (χ1) is 15.6. The number of nitrogens with one attached hydrogen (secondary N) is 1. The number of hydrogen-bond acceptors (Lipinski definition) is 5. The van der Waals surface area contributed by atoms with Gasteiger partial charge in [0.2, 0.25) is 5.89 Å². The molecule has 1 amide bonds. The van der Waals surface area contributed by atoms with Crippen molar-refractivity contribution in [2.24, 2.45) is 0 Å². The predicted octanol–water partition coefficient (Wildman–Crippen LogP) is 5.75. The summed E-state index contributed by atoms with van der Waals surface area (Å²) in [6.07, 6.45) is 16.6. The number of oxazole rings is 1. The van der Waals surface area contributed by atoms with Gasteiger partial charge < -0.3 is 14.5 Å². The summed E-state index contributed by atoms with van der Waals surface area (Å²) in [5.74, 6) is 0.943. The Morgan fingerprint density at radius 3 is 2.81 bits per heavy atom. The van der Waals surface area contributed by atoms with Crippen molar-refractivity contribution in [1.82, 2.24) is 9.97 Å². The Morgan fingerprint density at radius 2 is 1.97 bits per heavy atom. The zero-order valence-electron chi connectivity index (χ0n) is 17.7. The Morgan fingerprint density at radius 1 is 1.16 bits per heavy atom. The molecule has 2 aromatic heterocycles. The van der Waals surface area contributed by atoms with E-state index >= 15 is 0 Å². The quantitative estimate of drug-likeness (QED) is 0.563. The van der Waals surface area contributed by atoms with Crippen molar-refractivity contribution in [3.05, 3.63) is 103 Å². The minimum absolute atomic E-state index is 0.252. The van der Waals surface area contributed by atoms with Crippen molar-refractivity contribution in [2.75, 3.05) is 5.32 Å². The maximum Gasteiger partial charge on any atom is 0.265 e. The molecule has 0 aliphatic heterocycles. The largest absolute Gasteiger partial charge is 0.485 e. The fourth-order valence-electron chi connectivity index (χ4n) is 3.08. The van der Waals surface area contributed by atoms with Gasteiger partial charge in [-0.3, -0.25) is 9.78 Å². The summed E-state index contributed by atoms with van der Waals surface area (Å²) in [5, 5.41) is 2.89. The molecule has 160 valence electrons. The van der Waals surface area contributed by atoms with Crippen molar-refractivity contribution < 1.29 is 13.9 Å². The Labute approximate surface area is 186 Å². The lowest BCUT2D eigenvalue weighted by atomic mass is 10.2. The average Bonchev–Trinajstić information content (AvgIpc) is 3.22. The van der Waals surface area contributed by atoms with Crippen LogP contribution < -0.4 is 5.32 Å². The lowest BCUT2D eigenvalue weighted by Gasteiger charge is -2.16. The molecule has 0 radical (unpaired) electrons. The minimum atomic E-state index is -0.676. The number of carbonyl (C=O) groups excluding carboxylic acids is 1. The van der Waals surface area contributed by atoms with Crippen LogP contribution in [0, 0.1) is 0 Å². The van der Waals surface area contributed by atoms with Crippen molar-refractivity contribution in [3.8, 4) is 11.5 Å². The Kier molecular flexibility index (Phi) is 6.41. The maximum absolute atomic E-state index is 12.7. The highest BCUT2D eigenvalue weighted by molar-refractivity contribution is 5.95. The molecule has 1 atom stereocenters. The van der Waals surface area contributed by atoms with Crippen molar-refractivity contribution in [3.63, 3.8) is 0 Å². The molecule has 1 aromatic carbocycles. The fraction of sp³-hybridized carbons (Fsp3) is 0.115. The number of rotatable bonds is 5. The molecule has 1 aliphatic carbocycles. The highest BCUT2D eigenvalue weighted by Gasteiger charge is 2.17. The topological polar surface area (TPSA) is 77.2 Å². The van der Waals surface area contributed by atoms with E-state index in [2.05, 4.69) is 21.9 Å². The number of carbonyl (C=O) groups is 1. The number of pyridine rings is 1. The van der Waals surface area contributed by atoms with Crippen LogP contribution in [0.5, 0.6) is 0 Å². The molecule has 6 nitrogen and oxygen atoms in total. The highest BCUT2D eigenvalue weighted by atomic mass is 16.5. The third-order valence-electron chi connectivity index (χ3n) is 4.75. The molecule has 0 spiro atoms. The van der Waals surface area contributed by atoms with E-state index in [9.17, 15) is 4.79 Å². The summed E-state index contributed by atoms with van der Waals surface area (Å²) >= 11 is 0. The second-order valence-corrected chi connectivity index (χ2v) is 7.25. The molecule has 32 heavy (non-hydrogen) atoms. The van der Waals surface area contributed by atoms with E-state index in [1.807, 2.05) is 54.7 Å². The van der Waals surface area contributed by atoms with Crippen LogP contribution in [0.3, 0.4) is 0 Å². The van der Waals surface area contributed by atoms with E-state index in [0.717, 1.165) is 11.1 Å². The number of nitrogens with zero attached hydrogens (tertiary/aromatic N) is 2. The van der Waals surface area contributed by atoms with Crippen molar-refractivity contribution in [1.29, 1.82) is 0 Å². The number of aromatic nitrogens is 2. The van der Waals surface area contributed by atoms with Gasteiger partial charge >= 0.3 is 0 Å². The van der Waals surface area contributed by atoms with E-state index in [0.29, 0.717) is 34.9 Å². The summed E-state index contributed by atoms with van der Waals surface area (Å²) in [5.41, 5.74) is 3.63. The maximum atomic E-state index is 12.7. The molecule has 0 saturated carbocycles. The summed E-state index contributed by atoms with van der Waals surface area (Å²) in [4.78, 5) is 21.2. The molecule has 2 heterocycles. The van der Waals surface area contributed by atoms with Gasteiger partial charge in [0.1, 0.15) is 11.3 Å². The molecule has 0 saturated heterocycles. The van der Waals surface area contributed by atoms with Gasteiger partial charge in [-0.15, -0.1) is 0 Å². The molecule has 4 rings (SSSR count). The first-order valence-electron chi connectivity index (χ1n) is 10.3. The van der Waals surface area contributed by atoms with Crippen LogP contribution in [-0.2, 0) is 9.53 Å². The molecule has 0 unspecified atom stereocenters. The van der Waals surface area contributed by atoms with Gasteiger partial charge in [-0.05, 0) is 48.9 Å². The fourth-order valence-corrected chi connectivity index (χ4v) is 3.08. The summed E-state index contributed by atoms with van der Waals surface area (Å²) in [7, 11) is 0. The summed E-state index contributed by atoms with van der Waals surface area (Å²) < 4.78 is 11.7. The Hall–Kier alpha value is -4.19. The van der Waals surface area contributed by atoms with Crippen LogP contribution in [0.2, 0.25) is 0 Å². The molecule has 1 N–H and O–H groups in total. The second kappa shape index (κ2) is 9.75. The van der Waals surface area contributed by atoms with E-state index in [-0.39, 0.29) is 5.91 Å². The van der Waals surface area contributed by atoms with Crippen LogP contribution in [0.25, 0.3) is 22.6 Å². The first-order valence-corrected chi connectivity index (χ1v) is 10.3. The Bertz CT molecular complexity index is 1250. The molecule has 0 bridgehead atoms. The van der Waals surface area contributed by atoms with Crippen molar-refractivity contribution in [2.45, 2.75) is 19.4 Å². The third-order valence-corrected chi connectivity index (χ3v) is 4.75. The Balaban J connectivity index is 1.44. The molecule has 6 heteroatoms. The number of amides is 1. The van der Waals surface area contributed by atoms with E-state index in [4.69, 9.17) is 9.15 Å². The van der Waals surface area contributed by atoms with Crippen LogP contribution in [0.1, 0.15) is 13.3 Å². The number of ether oxygens (including phenoxy) is 1. The van der Waals surface area contributed by atoms with Gasteiger partial charge in [0.25, 0.3) is 5.91 Å². The van der Waals surface area contributed by atoms with Crippen molar-refractivity contribution >= 4 is 22.7 Å². The van der Waals surface area contributed by atoms with Crippen LogP contribution in [-0.4, -0.2) is 22.0 Å². The van der Waals surface area contributed by atoms with E-state index in [1.165, 1.54) is 0 Å². The molecule has 0 fully saturated rings. The standard InChI is InChI=1S/C26H23N3O3/c1-18-7-4-3-5-9-22(10-6-8-18)31-19(2)25(30)28-21-11-12-24-23(17-21)29-26(32-24)20-13-15-27-16-14-20/h3-8,10-17,19H,1,9H2,2H3,(H,28,30)/b5-3-,7-4-,8-6?,22-10+/t19-/m0/s1.